The molecule has 202 valence electrons. The molecule has 0 saturated heterocycles. The van der Waals surface area contributed by atoms with Crippen molar-refractivity contribution >= 4 is 35.3 Å². The summed E-state index contributed by atoms with van der Waals surface area (Å²) in [6, 6.07) is 16.9. The van der Waals surface area contributed by atoms with E-state index in [1.165, 1.54) is 24.4 Å². The first-order chi connectivity index (χ1) is 18.6. The zero-order chi connectivity index (χ0) is 28.3. The van der Waals surface area contributed by atoms with Crippen LogP contribution in [0, 0.1) is 0 Å². The smallest absolute Gasteiger partial charge is 0.416 e. The largest absolute Gasteiger partial charge is 0.490 e. The van der Waals surface area contributed by atoms with E-state index in [0.717, 1.165) is 12.1 Å². The van der Waals surface area contributed by atoms with Gasteiger partial charge in [0, 0.05) is 11.4 Å². The number of hydrogen-bond donors (Lipinski definition) is 3. The fourth-order valence-electron chi connectivity index (χ4n) is 3.00. The average molecular weight is 540 g/mol. The van der Waals surface area contributed by atoms with Gasteiger partial charge in [0.1, 0.15) is 18.1 Å². The second-order valence-electron chi connectivity index (χ2n) is 7.77. The monoisotopic (exact) mass is 540 g/mol. The summed E-state index contributed by atoms with van der Waals surface area (Å²) < 4.78 is 49.2. The maximum Gasteiger partial charge on any atom is 0.416 e. The first-order valence-electron chi connectivity index (χ1n) is 11.3. The van der Waals surface area contributed by atoms with Crippen LogP contribution in [0.2, 0.25) is 0 Å². The Labute approximate surface area is 221 Å². The summed E-state index contributed by atoms with van der Waals surface area (Å²) in [5, 5.41) is 8.49. The summed E-state index contributed by atoms with van der Waals surface area (Å²) in [5.74, 6) is -1.76. The Morgan fingerprint density at radius 3 is 2.31 bits per heavy atom. The van der Waals surface area contributed by atoms with Crippen molar-refractivity contribution in [3.8, 4) is 11.5 Å². The van der Waals surface area contributed by atoms with Crippen LogP contribution in [-0.4, -0.2) is 37.1 Å². The number of hydrazone groups is 1. The number of carbonyl (C=O) groups excluding carboxylic acids is 3. The van der Waals surface area contributed by atoms with Crippen molar-refractivity contribution in [1.29, 1.82) is 0 Å². The van der Waals surface area contributed by atoms with E-state index in [-0.39, 0.29) is 11.4 Å². The standard InChI is InChI=1S/C27H23F3N4O5/c1-2-13-38-22-11-9-20(10-12-22)33-25(36)26(37)34-31-16-18-5-3-8-23(14-18)39-17-24(35)32-21-7-4-6-19(15-21)27(28,29)30/h2-12,14-16H,1,13,17H2,(H,32,35)(H,33,36)(H,34,37)/b31-16-. The highest BCUT2D eigenvalue weighted by atomic mass is 19.4. The van der Waals surface area contributed by atoms with Gasteiger partial charge >= 0.3 is 18.0 Å². The van der Waals surface area contributed by atoms with Gasteiger partial charge in [0.2, 0.25) is 0 Å². The van der Waals surface area contributed by atoms with E-state index in [2.05, 4.69) is 27.7 Å². The molecule has 0 saturated carbocycles. The van der Waals surface area contributed by atoms with E-state index in [9.17, 15) is 27.6 Å². The summed E-state index contributed by atoms with van der Waals surface area (Å²) in [5.41, 5.74) is 2.05. The molecule has 3 rings (SSSR count). The van der Waals surface area contributed by atoms with Crippen molar-refractivity contribution in [2.45, 2.75) is 6.18 Å². The van der Waals surface area contributed by atoms with Gasteiger partial charge in [-0.15, -0.1) is 0 Å². The van der Waals surface area contributed by atoms with Crippen molar-refractivity contribution < 1.29 is 37.0 Å². The molecule has 3 aromatic carbocycles. The van der Waals surface area contributed by atoms with Crippen LogP contribution in [0.4, 0.5) is 24.5 Å². The maximum absolute atomic E-state index is 12.8. The number of halogens is 3. The molecular weight excluding hydrogens is 517 g/mol. The molecule has 0 heterocycles. The van der Waals surface area contributed by atoms with Crippen LogP contribution in [0.3, 0.4) is 0 Å². The Kier molecular flexibility index (Phi) is 9.79. The molecule has 3 aromatic rings. The summed E-state index contributed by atoms with van der Waals surface area (Å²) in [6.45, 7) is 3.42. The molecule has 0 radical (unpaired) electrons. The number of ether oxygens (including phenoxy) is 2. The van der Waals surface area contributed by atoms with Crippen molar-refractivity contribution in [3.63, 3.8) is 0 Å². The van der Waals surface area contributed by atoms with Crippen molar-refractivity contribution in [3.05, 3.63) is 96.6 Å². The summed E-state index contributed by atoms with van der Waals surface area (Å²) in [7, 11) is 0. The van der Waals surface area contributed by atoms with E-state index in [0.29, 0.717) is 23.6 Å². The van der Waals surface area contributed by atoms with Crippen LogP contribution in [0.25, 0.3) is 0 Å². The van der Waals surface area contributed by atoms with Gasteiger partial charge in [-0.3, -0.25) is 14.4 Å². The molecule has 0 aliphatic rings. The number of amides is 3. The summed E-state index contributed by atoms with van der Waals surface area (Å²) >= 11 is 0. The lowest BCUT2D eigenvalue weighted by atomic mass is 10.2. The van der Waals surface area contributed by atoms with Gasteiger partial charge in [-0.05, 0) is 60.2 Å². The zero-order valence-electron chi connectivity index (χ0n) is 20.3. The Hall–Kier alpha value is -5.13. The number of nitrogens with zero attached hydrogens (tertiary/aromatic N) is 1. The van der Waals surface area contributed by atoms with Gasteiger partial charge in [0.05, 0.1) is 11.8 Å². The summed E-state index contributed by atoms with van der Waals surface area (Å²) in [6.07, 6.45) is -1.68. The fraction of sp³-hybridized carbons (Fsp3) is 0.111. The summed E-state index contributed by atoms with van der Waals surface area (Å²) in [4.78, 5) is 36.2. The van der Waals surface area contributed by atoms with Gasteiger partial charge in [0.15, 0.2) is 6.61 Å². The minimum Gasteiger partial charge on any atom is -0.490 e. The van der Waals surface area contributed by atoms with Gasteiger partial charge in [-0.25, -0.2) is 5.43 Å². The topological polar surface area (TPSA) is 118 Å². The molecule has 3 amide bonds. The highest BCUT2D eigenvalue weighted by Crippen LogP contribution is 2.30. The Morgan fingerprint density at radius 2 is 1.59 bits per heavy atom. The van der Waals surface area contributed by atoms with E-state index < -0.39 is 36.1 Å². The normalized spacial score (nSPS) is 10.9. The molecule has 0 unspecified atom stereocenters. The molecular formula is C27H23F3N4O5. The van der Waals surface area contributed by atoms with Crippen LogP contribution in [-0.2, 0) is 20.6 Å². The number of alkyl halides is 3. The van der Waals surface area contributed by atoms with E-state index in [1.54, 1.807) is 48.5 Å². The van der Waals surface area contributed by atoms with E-state index >= 15 is 0 Å². The molecule has 0 atom stereocenters. The second kappa shape index (κ2) is 13.4. The van der Waals surface area contributed by atoms with Crippen LogP contribution >= 0.6 is 0 Å². The second-order valence-corrected chi connectivity index (χ2v) is 7.77. The number of benzene rings is 3. The molecule has 9 nitrogen and oxygen atoms in total. The first-order valence-corrected chi connectivity index (χ1v) is 11.3. The molecule has 0 aliphatic heterocycles. The van der Waals surface area contributed by atoms with Gasteiger partial charge in [-0.2, -0.15) is 18.3 Å². The number of hydrogen-bond acceptors (Lipinski definition) is 6. The fourth-order valence-corrected chi connectivity index (χ4v) is 3.00. The Morgan fingerprint density at radius 1 is 0.846 bits per heavy atom. The van der Waals surface area contributed by atoms with Gasteiger partial charge in [-0.1, -0.05) is 30.9 Å². The number of carbonyl (C=O) groups is 3. The molecule has 0 bridgehead atoms. The molecule has 0 aromatic heterocycles. The Balaban J connectivity index is 1.46. The molecule has 39 heavy (non-hydrogen) atoms. The average Bonchev–Trinajstić information content (AvgIpc) is 2.91. The van der Waals surface area contributed by atoms with Gasteiger partial charge in [0.25, 0.3) is 5.91 Å². The van der Waals surface area contributed by atoms with Crippen LogP contribution in [0.1, 0.15) is 11.1 Å². The van der Waals surface area contributed by atoms with Crippen LogP contribution < -0.4 is 25.5 Å². The first kappa shape index (κ1) is 28.4. The van der Waals surface area contributed by atoms with Crippen molar-refractivity contribution in [2.24, 2.45) is 5.10 Å². The van der Waals surface area contributed by atoms with Crippen molar-refractivity contribution in [1.82, 2.24) is 5.43 Å². The minimum atomic E-state index is -4.53. The van der Waals surface area contributed by atoms with Crippen molar-refractivity contribution in [2.75, 3.05) is 23.8 Å². The lowest BCUT2D eigenvalue weighted by molar-refractivity contribution is -0.137. The van der Waals surface area contributed by atoms with Crippen LogP contribution in [0.5, 0.6) is 11.5 Å². The predicted octanol–water partition coefficient (Wildman–Crippen LogP) is 4.38. The quantitative estimate of drug-likeness (QED) is 0.153. The lowest BCUT2D eigenvalue weighted by Crippen LogP contribution is -2.32. The molecule has 0 fully saturated rings. The van der Waals surface area contributed by atoms with Gasteiger partial charge < -0.3 is 20.1 Å². The third kappa shape index (κ3) is 9.35. The van der Waals surface area contributed by atoms with E-state index in [4.69, 9.17) is 9.47 Å². The molecule has 0 aliphatic carbocycles. The zero-order valence-corrected chi connectivity index (χ0v) is 20.3. The highest BCUT2D eigenvalue weighted by molar-refractivity contribution is 6.39. The highest BCUT2D eigenvalue weighted by Gasteiger charge is 2.30. The van der Waals surface area contributed by atoms with E-state index in [1.807, 2.05) is 0 Å². The number of nitrogens with one attached hydrogen (secondary N) is 3. The maximum atomic E-state index is 12.8. The number of anilines is 2. The molecule has 12 heteroatoms. The molecule has 0 spiro atoms. The lowest BCUT2D eigenvalue weighted by Gasteiger charge is -2.10. The van der Waals surface area contributed by atoms with Crippen LogP contribution in [0.15, 0.2) is 90.6 Å². The third-order valence-electron chi connectivity index (χ3n) is 4.77. The predicted molar refractivity (Wildman–Crippen MR) is 139 cm³/mol. The Bertz CT molecular complexity index is 1360. The third-order valence-corrected chi connectivity index (χ3v) is 4.77. The molecule has 3 N–H and O–H groups in total. The minimum absolute atomic E-state index is 0.0198. The number of rotatable bonds is 10. The SMILES string of the molecule is C=CCOc1ccc(NC(=O)C(=O)N/N=C\c2cccc(OCC(=O)Nc3cccc(C(F)(F)F)c3)c2)cc1.